The van der Waals surface area contributed by atoms with Crippen LogP contribution in [-0.2, 0) is 4.79 Å². The molecular weight excluding hydrogens is 236 g/mol. The van der Waals surface area contributed by atoms with Gasteiger partial charge in [0, 0.05) is 12.1 Å². The van der Waals surface area contributed by atoms with Crippen molar-refractivity contribution < 1.29 is 19.8 Å². The third kappa shape index (κ3) is 4.75. The summed E-state index contributed by atoms with van der Waals surface area (Å²) in [6.07, 6.45) is 0.389. The molecule has 2 unspecified atom stereocenters. The summed E-state index contributed by atoms with van der Waals surface area (Å²) in [4.78, 5) is 24.3. The van der Waals surface area contributed by atoms with Crippen LogP contribution in [0.15, 0.2) is 12.7 Å². The van der Waals surface area contributed by atoms with E-state index in [0.717, 1.165) is 0 Å². The molecule has 0 aliphatic heterocycles. The maximum atomic E-state index is 12.0. The Labute approximate surface area is 107 Å². The van der Waals surface area contributed by atoms with Crippen molar-refractivity contribution in [1.29, 1.82) is 0 Å². The number of carboxylic acids is 1. The van der Waals surface area contributed by atoms with Crippen LogP contribution >= 0.6 is 0 Å². The fourth-order valence-corrected chi connectivity index (χ4v) is 1.39. The lowest BCUT2D eigenvalue weighted by Crippen LogP contribution is -2.56. The highest BCUT2D eigenvalue weighted by Gasteiger charge is 2.31. The molecule has 104 valence electrons. The predicted octanol–water partition coefficient (Wildman–Crippen LogP) is 0.816. The molecule has 0 aromatic carbocycles. The summed E-state index contributed by atoms with van der Waals surface area (Å²) in [5.74, 6) is -1.27. The molecule has 0 rings (SSSR count). The third-order valence-electron chi connectivity index (χ3n) is 2.39. The van der Waals surface area contributed by atoms with Crippen LogP contribution in [0.4, 0.5) is 4.79 Å². The number of urea groups is 1. The van der Waals surface area contributed by atoms with Gasteiger partial charge in [-0.3, -0.25) is 0 Å². The van der Waals surface area contributed by atoms with Gasteiger partial charge in [-0.25, -0.2) is 9.59 Å². The van der Waals surface area contributed by atoms with Crippen LogP contribution < -0.4 is 5.32 Å². The zero-order valence-electron chi connectivity index (χ0n) is 11.3. The molecule has 0 bridgehead atoms. The first-order valence-electron chi connectivity index (χ1n) is 5.71. The second-order valence-corrected chi connectivity index (χ2v) is 5.08. The highest BCUT2D eigenvalue weighted by molar-refractivity contribution is 5.83. The minimum Gasteiger partial charge on any atom is -0.480 e. The minimum absolute atomic E-state index is 0.293. The predicted molar refractivity (Wildman–Crippen MR) is 68.3 cm³/mol. The Hall–Kier alpha value is -1.56. The summed E-state index contributed by atoms with van der Waals surface area (Å²) in [6, 6.07) is -1.87. The van der Waals surface area contributed by atoms with E-state index in [9.17, 15) is 14.7 Å². The maximum absolute atomic E-state index is 12.0. The molecule has 0 aromatic heterocycles. The number of nitrogens with zero attached hydrogens (tertiary/aromatic N) is 1. The van der Waals surface area contributed by atoms with Gasteiger partial charge in [0.2, 0.25) is 0 Å². The molecule has 6 nitrogen and oxygen atoms in total. The SMILES string of the molecule is C=CCN(C(=O)NC(C(=O)O)C(C)O)C(C)(C)C. The first-order valence-corrected chi connectivity index (χ1v) is 5.71. The van der Waals surface area contributed by atoms with Gasteiger partial charge in [-0.2, -0.15) is 0 Å². The number of aliphatic hydroxyl groups is 1. The van der Waals surface area contributed by atoms with Gasteiger partial charge in [-0.05, 0) is 27.7 Å². The van der Waals surface area contributed by atoms with E-state index in [4.69, 9.17) is 5.11 Å². The van der Waals surface area contributed by atoms with E-state index < -0.39 is 29.7 Å². The number of amides is 2. The zero-order valence-corrected chi connectivity index (χ0v) is 11.3. The molecule has 6 heteroatoms. The molecule has 0 aliphatic carbocycles. The van der Waals surface area contributed by atoms with Crippen molar-refractivity contribution in [2.75, 3.05) is 6.54 Å². The number of hydrogen-bond acceptors (Lipinski definition) is 3. The monoisotopic (exact) mass is 258 g/mol. The topological polar surface area (TPSA) is 89.9 Å². The Kier molecular flexibility index (Phi) is 5.84. The zero-order chi connectivity index (χ0) is 14.5. The maximum Gasteiger partial charge on any atom is 0.328 e. The number of aliphatic hydroxyl groups excluding tert-OH is 1. The van der Waals surface area contributed by atoms with Crippen molar-refractivity contribution >= 4 is 12.0 Å². The molecule has 3 N–H and O–H groups in total. The molecule has 0 fully saturated rings. The standard InChI is InChI=1S/C12H22N2O4/c1-6-7-14(12(3,4)5)11(18)13-9(8(2)15)10(16)17/h6,8-9,15H,1,7H2,2-5H3,(H,13,18)(H,16,17). The van der Waals surface area contributed by atoms with Gasteiger partial charge in [0.1, 0.15) is 0 Å². The van der Waals surface area contributed by atoms with Crippen LogP contribution in [0.25, 0.3) is 0 Å². The molecule has 2 atom stereocenters. The Morgan fingerprint density at radius 3 is 2.22 bits per heavy atom. The lowest BCUT2D eigenvalue weighted by Gasteiger charge is -2.35. The van der Waals surface area contributed by atoms with Gasteiger partial charge in [0.25, 0.3) is 0 Å². The van der Waals surface area contributed by atoms with E-state index >= 15 is 0 Å². The second-order valence-electron chi connectivity index (χ2n) is 5.08. The lowest BCUT2D eigenvalue weighted by molar-refractivity contribution is -0.141. The average molecular weight is 258 g/mol. The minimum atomic E-state index is -1.33. The Balaban J connectivity index is 4.89. The summed E-state index contributed by atoms with van der Waals surface area (Å²) in [6.45, 7) is 10.6. The summed E-state index contributed by atoms with van der Waals surface area (Å²) < 4.78 is 0. The highest BCUT2D eigenvalue weighted by atomic mass is 16.4. The van der Waals surface area contributed by atoms with Gasteiger partial charge in [-0.15, -0.1) is 6.58 Å². The summed E-state index contributed by atoms with van der Waals surface area (Å²) in [7, 11) is 0. The number of carbonyl (C=O) groups excluding carboxylic acids is 1. The van der Waals surface area contributed by atoms with Gasteiger partial charge < -0.3 is 20.4 Å². The van der Waals surface area contributed by atoms with E-state index in [1.54, 1.807) is 6.08 Å². The van der Waals surface area contributed by atoms with Crippen LogP contribution in [0.2, 0.25) is 0 Å². The highest BCUT2D eigenvalue weighted by Crippen LogP contribution is 2.13. The number of aliphatic carboxylic acids is 1. The molecular formula is C12H22N2O4. The Bertz CT molecular complexity index is 321. The van der Waals surface area contributed by atoms with Gasteiger partial charge in [0.15, 0.2) is 6.04 Å². The average Bonchev–Trinajstić information content (AvgIpc) is 2.19. The van der Waals surface area contributed by atoms with Gasteiger partial charge >= 0.3 is 12.0 Å². The molecule has 0 heterocycles. The van der Waals surface area contributed by atoms with Crippen molar-refractivity contribution in [3.05, 3.63) is 12.7 Å². The summed E-state index contributed by atoms with van der Waals surface area (Å²) in [5, 5.41) is 20.5. The summed E-state index contributed by atoms with van der Waals surface area (Å²) >= 11 is 0. The quantitative estimate of drug-likeness (QED) is 0.637. The number of nitrogens with one attached hydrogen (secondary N) is 1. The molecule has 0 saturated carbocycles. The normalized spacial score (nSPS) is 14.5. The van der Waals surface area contributed by atoms with E-state index in [-0.39, 0.29) is 0 Å². The first kappa shape index (κ1) is 16.4. The Morgan fingerprint density at radius 1 is 1.44 bits per heavy atom. The van der Waals surface area contributed by atoms with Crippen LogP contribution in [0.1, 0.15) is 27.7 Å². The lowest BCUT2D eigenvalue weighted by atomic mass is 10.1. The van der Waals surface area contributed by atoms with Crippen LogP contribution in [-0.4, -0.2) is 51.3 Å². The van der Waals surface area contributed by atoms with Crippen molar-refractivity contribution in [2.45, 2.75) is 45.4 Å². The first-order chi connectivity index (χ1) is 8.11. The molecule has 2 amide bonds. The van der Waals surface area contributed by atoms with E-state index in [2.05, 4.69) is 11.9 Å². The largest absolute Gasteiger partial charge is 0.480 e. The van der Waals surface area contributed by atoms with Gasteiger partial charge in [-0.1, -0.05) is 6.08 Å². The summed E-state index contributed by atoms with van der Waals surface area (Å²) in [5.41, 5.74) is -0.472. The van der Waals surface area contributed by atoms with Crippen molar-refractivity contribution in [3.8, 4) is 0 Å². The molecule has 0 spiro atoms. The molecule has 18 heavy (non-hydrogen) atoms. The molecule has 0 radical (unpaired) electrons. The fraction of sp³-hybridized carbons (Fsp3) is 0.667. The Morgan fingerprint density at radius 2 is 1.94 bits per heavy atom. The molecule has 0 aromatic rings. The van der Waals surface area contributed by atoms with Crippen molar-refractivity contribution in [2.24, 2.45) is 0 Å². The number of carboxylic acid groups (broad SMARTS) is 1. The van der Waals surface area contributed by atoms with E-state index in [0.29, 0.717) is 6.54 Å². The molecule has 0 aliphatic rings. The van der Waals surface area contributed by atoms with Crippen molar-refractivity contribution in [1.82, 2.24) is 10.2 Å². The molecule has 0 saturated heterocycles. The third-order valence-corrected chi connectivity index (χ3v) is 2.39. The number of carbonyl (C=O) groups is 2. The van der Waals surface area contributed by atoms with Gasteiger partial charge in [0.05, 0.1) is 6.10 Å². The van der Waals surface area contributed by atoms with E-state index in [1.165, 1.54) is 11.8 Å². The van der Waals surface area contributed by atoms with E-state index in [1.807, 2.05) is 20.8 Å². The van der Waals surface area contributed by atoms with Crippen molar-refractivity contribution in [3.63, 3.8) is 0 Å². The van der Waals surface area contributed by atoms with Crippen LogP contribution in [0, 0.1) is 0 Å². The second kappa shape index (κ2) is 6.39. The smallest absolute Gasteiger partial charge is 0.328 e. The fourth-order valence-electron chi connectivity index (χ4n) is 1.39. The van der Waals surface area contributed by atoms with Crippen LogP contribution in [0.3, 0.4) is 0 Å². The number of rotatable bonds is 5. The van der Waals surface area contributed by atoms with Crippen LogP contribution in [0.5, 0.6) is 0 Å². The number of hydrogen-bond donors (Lipinski definition) is 3.